The summed E-state index contributed by atoms with van der Waals surface area (Å²) in [6, 6.07) is 13.8. The third kappa shape index (κ3) is 5.12. The Bertz CT molecular complexity index is 1870. The van der Waals surface area contributed by atoms with E-state index in [4.69, 9.17) is 26.4 Å². The maximum atomic E-state index is 15.1. The van der Waals surface area contributed by atoms with E-state index < -0.39 is 23.1 Å². The van der Waals surface area contributed by atoms with E-state index in [-0.39, 0.29) is 27.5 Å². The van der Waals surface area contributed by atoms with Gasteiger partial charge in [0.1, 0.15) is 17.1 Å². The third-order valence-electron chi connectivity index (χ3n) is 5.92. The topological polar surface area (TPSA) is 107 Å². The van der Waals surface area contributed by atoms with E-state index in [2.05, 4.69) is 15.3 Å². The normalized spacial score (nSPS) is 10.8. The number of anilines is 1. The molecule has 0 bridgehead atoms. The molecule has 202 valence electrons. The Hall–Kier alpha value is -5.10. The first-order chi connectivity index (χ1) is 19.3. The van der Waals surface area contributed by atoms with Gasteiger partial charge in [-0.25, -0.2) is 8.78 Å². The van der Waals surface area contributed by atoms with Crippen molar-refractivity contribution < 1.29 is 27.8 Å². The first kappa shape index (κ1) is 26.5. The second kappa shape index (κ2) is 10.9. The van der Waals surface area contributed by atoms with E-state index in [1.807, 2.05) is 0 Å². The number of rotatable bonds is 7. The van der Waals surface area contributed by atoms with Crippen molar-refractivity contribution >= 4 is 34.7 Å². The Balaban J connectivity index is 1.40. The lowest BCUT2D eigenvalue weighted by molar-refractivity contribution is 0.102. The lowest BCUT2D eigenvalue weighted by atomic mass is 10.1. The molecule has 40 heavy (non-hydrogen) atoms. The number of benzene rings is 3. The lowest BCUT2D eigenvalue weighted by Crippen LogP contribution is -2.29. The molecule has 12 heteroatoms. The molecule has 0 spiro atoms. The van der Waals surface area contributed by atoms with Gasteiger partial charge in [-0.2, -0.15) is 0 Å². The lowest BCUT2D eigenvalue weighted by Gasteiger charge is -2.13. The smallest absolute Gasteiger partial charge is 0.271 e. The number of nitrogens with zero attached hydrogens (tertiary/aromatic N) is 2. The average molecular weight is 563 g/mol. The Morgan fingerprint density at radius 1 is 0.950 bits per heavy atom. The summed E-state index contributed by atoms with van der Waals surface area (Å²) in [7, 11) is 3.00. The molecular formula is C28H20F2N4O5S. The van der Waals surface area contributed by atoms with E-state index >= 15 is 4.39 Å². The Kier molecular flexibility index (Phi) is 7.25. The fraction of sp³-hybridized carbons (Fsp3) is 0.0714. The molecule has 0 aliphatic heterocycles. The predicted molar refractivity (Wildman–Crippen MR) is 146 cm³/mol. The number of aromatic nitrogens is 3. The van der Waals surface area contributed by atoms with Crippen LogP contribution in [0.25, 0.3) is 16.6 Å². The van der Waals surface area contributed by atoms with Gasteiger partial charge in [0.05, 0.1) is 25.4 Å². The maximum absolute atomic E-state index is 15.1. The number of fused-ring (bicyclic) bond motifs is 1. The van der Waals surface area contributed by atoms with Crippen LogP contribution in [0, 0.1) is 16.4 Å². The highest BCUT2D eigenvalue weighted by molar-refractivity contribution is 7.71. The van der Waals surface area contributed by atoms with Gasteiger partial charge in [-0.3, -0.25) is 19.1 Å². The van der Waals surface area contributed by atoms with Crippen LogP contribution in [-0.4, -0.2) is 34.7 Å². The summed E-state index contributed by atoms with van der Waals surface area (Å²) < 4.78 is 45.9. The predicted octanol–water partition coefficient (Wildman–Crippen LogP) is 5.78. The van der Waals surface area contributed by atoms with Gasteiger partial charge < -0.3 is 24.5 Å². The number of methoxy groups -OCH3 is 2. The first-order valence-electron chi connectivity index (χ1n) is 11.7. The Morgan fingerprint density at radius 3 is 2.38 bits per heavy atom. The zero-order valence-electron chi connectivity index (χ0n) is 21.0. The summed E-state index contributed by atoms with van der Waals surface area (Å²) in [5, 5.41) is 3.06. The Morgan fingerprint density at radius 2 is 1.68 bits per heavy atom. The van der Waals surface area contributed by atoms with E-state index in [1.165, 1.54) is 44.7 Å². The van der Waals surface area contributed by atoms with E-state index in [0.717, 1.165) is 29.0 Å². The highest BCUT2D eigenvalue weighted by Gasteiger charge is 2.17. The summed E-state index contributed by atoms with van der Waals surface area (Å²) in [4.78, 5) is 32.9. The molecule has 0 fully saturated rings. The molecule has 2 heterocycles. The van der Waals surface area contributed by atoms with Gasteiger partial charge in [0.25, 0.3) is 11.5 Å². The van der Waals surface area contributed by atoms with Crippen molar-refractivity contribution in [2.24, 2.45) is 0 Å². The SMILES string of the molecule is COc1cc2nccc(Oc3ccc(NC(=O)c4c[nH]c(=S)n(-c5ccc(F)cc5)c4=O)cc3F)c2cc1OC. The average Bonchev–Trinajstić information content (AvgIpc) is 2.94. The number of halogens is 2. The number of carbonyl (C=O) groups is 1. The number of hydrogen-bond donors (Lipinski definition) is 2. The number of carbonyl (C=O) groups excluding carboxylic acids is 1. The van der Waals surface area contributed by atoms with Crippen molar-refractivity contribution in [1.82, 2.24) is 14.5 Å². The number of nitrogens with one attached hydrogen (secondary N) is 2. The van der Waals surface area contributed by atoms with Gasteiger partial charge in [0.15, 0.2) is 27.8 Å². The molecular weight excluding hydrogens is 542 g/mol. The minimum Gasteiger partial charge on any atom is -0.493 e. The van der Waals surface area contributed by atoms with Crippen LogP contribution in [-0.2, 0) is 0 Å². The van der Waals surface area contributed by atoms with Crippen LogP contribution in [0.1, 0.15) is 10.4 Å². The molecule has 0 aliphatic carbocycles. The van der Waals surface area contributed by atoms with E-state index in [0.29, 0.717) is 28.2 Å². The van der Waals surface area contributed by atoms with Crippen LogP contribution in [0.5, 0.6) is 23.0 Å². The molecule has 0 atom stereocenters. The molecule has 0 aliphatic rings. The minimum atomic E-state index is -0.804. The summed E-state index contributed by atoms with van der Waals surface area (Å²) >= 11 is 5.17. The van der Waals surface area contributed by atoms with Gasteiger partial charge in [-0.05, 0) is 60.7 Å². The quantitative estimate of drug-likeness (QED) is 0.242. The number of aromatic amines is 1. The van der Waals surface area contributed by atoms with Gasteiger partial charge >= 0.3 is 0 Å². The molecule has 5 rings (SSSR count). The fourth-order valence-electron chi connectivity index (χ4n) is 3.97. The zero-order valence-corrected chi connectivity index (χ0v) is 21.8. The van der Waals surface area contributed by atoms with Gasteiger partial charge in [0, 0.05) is 35.6 Å². The standard InChI is InChI=1S/C28H20F2N4O5S/c1-37-24-12-18-21(13-25(24)38-2)31-10-9-22(18)39-23-8-5-16(11-20(23)30)33-26(35)19-14-32-28(40)34(27(19)36)17-6-3-15(29)4-7-17/h3-14H,1-2H3,(H,32,40)(H,33,35). The van der Waals surface area contributed by atoms with Crippen molar-refractivity contribution in [1.29, 1.82) is 0 Å². The first-order valence-corrected chi connectivity index (χ1v) is 12.1. The summed E-state index contributed by atoms with van der Waals surface area (Å²) in [6.45, 7) is 0. The second-order valence-corrected chi connectivity index (χ2v) is 8.75. The molecule has 5 aromatic rings. The maximum Gasteiger partial charge on any atom is 0.271 e. The number of H-pyrrole nitrogens is 1. The molecule has 9 nitrogen and oxygen atoms in total. The van der Waals surface area contributed by atoms with Crippen molar-refractivity contribution in [2.45, 2.75) is 0 Å². The molecule has 0 radical (unpaired) electrons. The Labute approximate surface area is 230 Å². The molecule has 0 saturated carbocycles. The molecule has 2 aromatic heterocycles. The van der Waals surface area contributed by atoms with Crippen molar-refractivity contribution in [3.8, 4) is 28.7 Å². The monoisotopic (exact) mass is 562 g/mol. The number of amides is 1. The number of ether oxygens (including phenoxy) is 3. The van der Waals surface area contributed by atoms with Gasteiger partial charge in [-0.15, -0.1) is 0 Å². The molecule has 3 aromatic carbocycles. The molecule has 1 amide bonds. The highest BCUT2D eigenvalue weighted by Crippen LogP contribution is 2.37. The fourth-order valence-corrected chi connectivity index (χ4v) is 4.22. The number of hydrogen-bond acceptors (Lipinski definition) is 7. The minimum absolute atomic E-state index is 0.0143. The molecule has 0 unspecified atom stereocenters. The van der Waals surface area contributed by atoms with Crippen molar-refractivity contribution in [3.05, 3.63) is 105 Å². The van der Waals surface area contributed by atoms with Crippen LogP contribution in [0.15, 0.2) is 77.9 Å². The van der Waals surface area contributed by atoms with Gasteiger partial charge in [-0.1, -0.05) is 0 Å². The van der Waals surface area contributed by atoms with Crippen LogP contribution < -0.4 is 25.1 Å². The summed E-state index contributed by atoms with van der Waals surface area (Å²) in [6.07, 6.45) is 2.67. The van der Waals surface area contributed by atoms with E-state index in [9.17, 15) is 14.0 Å². The summed E-state index contributed by atoms with van der Waals surface area (Å²) in [5.41, 5.74) is -0.116. The summed E-state index contributed by atoms with van der Waals surface area (Å²) in [5.74, 6) is -0.917. The number of pyridine rings is 1. The van der Waals surface area contributed by atoms with Gasteiger partial charge in [0.2, 0.25) is 0 Å². The zero-order chi connectivity index (χ0) is 28.4. The van der Waals surface area contributed by atoms with Crippen LogP contribution in [0.2, 0.25) is 0 Å². The largest absolute Gasteiger partial charge is 0.493 e. The van der Waals surface area contributed by atoms with E-state index in [1.54, 1.807) is 18.2 Å². The highest BCUT2D eigenvalue weighted by atomic mass is 32.1. The van der Waals surface area contributed by atoms with Crippen molar-refractivity contribution in [3.63, 3.8) is 0 Å². The second-order valence-electron chi connectivity index (χ2n) is 8.36. The third-order valence-corrected chi connectivity index (χ3v) is 6.22. The molecule has 2 N–H and O–H groups in total. The molecule has 0 saturated heterocycles. The van der Waals surface area contributed by atoms with Crippen LogP contribution in [0.3, 0.4) is 0 Å². The van der Waals surface area contributed by atoms with Crippen molar-refractivity contribution in [2.75, 3.05) is 19.5 Å². The van der Waals surface area contributed by atoms with Crippen LogP contribution in [0.4, 0.5) is 14.5 Å². The van der Waals surface area contributed by atoms with Crippen LogP contribution >= 0.6 is 12.2 Å².